The lowest BCUT2D eigenvalue weighted by atomic mass is 10.2. The molecule has 1 aliphatic rings. The molecule has 9 heteroatoms. The summed E-state index contributed by atoms with van der Waals surface area (Å²) in [6, 6.07) is 9.46. The molecule has 0 atom stereocenters. The van der Waals surface area contributed by atoms with Gasteiger partial charge in [0, 0.05) is 39.1 Å². The van der Waals surface area contributed by atoms with Gasteiger partial charge in [0.1, 0.15) is 4.90 Å². The predicted molar refractivity (Wildman–Crippen MR) is 97.3 cm³/mol. The van der Waals surface area contributed by atoms with E-state index in [0.717, 1.165) is 17.1 Å². The Hall–Kier alpha value is -1.81. The Balaban J connectivity index is 1.93. The van der Waals surface area contributed by atoms with Crippen LogP contribution in [-0.2, 0) is 26.6 Å². The van der Waals surface area contributed by atoms with Crippen molar-refractivity contribution in [2.45, 2.75) is 35.2 Å². The SMILES string of the molecule is CN(C)S(=O)(=O)c1cccc(CN(C2CC2)S(=O)(=O)c2cccnc2)c1. The number of aromatic nitrogens is 1. The normalized spacial score (nSPS) is 15.5. The smallest absolute Gasteiger partial charge is 0.245 e. The molecule has 1 fully saturated rings. The zero-order valence-corrected chi connectivity index (χ0v) is 16.2. The third-order valence-electron chi connectivity index (χ3n) is 4.21. The third kappa shape index (κ3) is 3.80. The van der Waals surface area contributed by atoms with Gasteiger partial charge in [-0.05, 0) is 42.7 Å². The summed E-state index contributed by atoms with van der Waals surface area (Å²) in [7, 11) is -4.33. The van der Waals surface area contributed by atoms with Gasteiger partial charge in [-0.3, -0.25) is 4.98 Å². The van der Waals surface area contributed by atoms with Gasteiger partial charge in [0.2, 0.25) is 20.0 Å². The minimum Gasteiger partial charge on any atom is -0.263 e. The van der Waals surface area contributed by atoms with Gasteiger partial charge < -0.3 is 0 Å². The molecule has 26 heavy (non-hydrogen) atoms. The van der Waals surface area contributed by atoms with Gasteiger partial charge in [-0.15, -0.1) is 0 Å². The highest BCUT2D eigenvalue weighted by Gasteiger charge is 2.38. The molecule has 0 saturated heterocycles. The first-order valence-corrected chi connectivity index (χ1v) is 11.0. The van der Waals surface area contributed by atoms with E-state index in [1.165, 1.54) is 49.0 Å². The average molecular weight is 396 g/mol. The zero-order valence-electron chi connectivity index (χ0n) is 14.6. The zero-order chi connectivity index (χ0) is 18.9. The first kappa shape index (κ1) is 19.0. The fourth-order valence-electron chi connectivity index (χ4n) is 2.60. The fraction of sp³-hybridized carbons (Fsp3) is 0.353. The van der Waals surface area contributed by atoms with Crippen LogP contribution >= 0.6 is 0 Å². The number of rotatable bonds is 7. The summed E-state index contributed by atoms with van der Waals surface area (Å²) in [6.07, 6.45) is 4.46. The molecule has 2 aromatic rings. The fourth-order valence-corrected chi connectivity index (χ4v) is 5.21. The van der Waals surface area contributed by atoms with Crippen LogP contribution in [-0.4, -0.2) is 50.6 Å². The lowest BCUT2D eigenvalue weighted by Crippen LogP contribution is -2.32. The van der Waals surface area contributed by atoms with E-state index in [0.29, 0.717) is 5.56 Å². The molecule has 0 unspecified atom stereocenters. The number of hydrogen-bond acceptors (Lipinski definition) is 5. The molecule has 1 aliphatic carbocycles. The molecule has 1 heterocycles. The molecule has 0 bridgehead atoms. The van der Waals surface area contributed by atoms with Crippen molar-refractivity contribution in [1.29, 1.82) is 0 Å². The number of hydrogen-bond donors (Lipinski definition) is 0. The molecular weight excluding hydrogens is 374 g/mol. The summed E-state index contributed by atoms with van der Waals surface area (Å²) < 4.78 is 53.1. The van der Waals surface area contributed by atoms with Gasteiger partial charge in [-0.25, -0.2) is 21.1 Å². The molecule has 1 aromatic heterocycles. The van der Waals surface area contributed by atoms with Crippen molar-refractivity contribution in [2.75, 3.05) is 14.1 Å². The molecule has 0 spiro atoms. The van der Waals surface area contributed by atoms with Crippen LogP contribution in [0.5, 0.6) is 0 Å². The van der Waals surface area contributed by atoms with Gasteiger partial charge in [0.25, 0.3) is 0 Å². The van der Waals surface area contributed by atoms with Gasteiger partial charge >= 0.3 is 0 Å². The van der Waals surface area contributed by atoms with Crippen LogP contribution in [0.1, 0.15) is 18.4 Å². The van der Waals surface area contributed by atoms with E-state index in [9.17, 15) is 16.8 Å². The number of sulfonamides is 2. The van der Waals surface area contributed by atoms with E-state index in [4.69, 9.17) is 0 Å². The van der Waals surface area contributed by atoms with E-state index in [1.54, 1.807) is 18.2 Å². The third-order valence-corrected chi connectivity index (χ3v) is 7.90. The predicted octanol–water partition coefficient (Wildman–Crippen LogP) is 1.69. The Labute approximate surface area is 154 Å². The highest BCUT2D eigenvalue weighted by atomic mass is 32.2. The van der Waals surface area contributed by atoms with Crippen LogP contribution in [0, 0.1) is 0 Å². The molecule has 0 N–H and O–H groups in total. The standard InChI is InChI=1S/C17H21N3O4S2/c1-19(2)25(21,22)16-6-3-5-14(11-16)13-20(15-8-9-15)26(23,24)17-7-4-10-18-12-17/h3-7,10-12,15H,8-9,13H2,1-2H3. The highest BCUT2D eigenvalue weighted by Crippen LogP contribution is 2.33. The second-order valence-electron chi connectivity index (χ2n) is 6.40. The van der Waals surface area contributed by atoms with Crippen molar-refractivity contribution in [3.63, 3.8) is 0 Å². The average Bonchev–Trinajstić information content (AvgIpc) is 3.45. The van der Waals surface area contributed by atoms with Gasteiger partial charge in [0.05, 0.1) is 4.90 Å². The second-order valence-corrected chi connectivity index (χ2v) is 10.4. The van der Waals surface area contributed by atoms with E-state index >= 15 is 0 Å². The highest BCUT2D eigenvalue weighted by molar-refractivity contribution is 7.89. The Bertz CT molecular complexity index is 986. The van der Waals surface area contributed by atoms with Crippen LogP contribution in [0.4, 0.5) is 0 Å². The molecule has 0 radical (unpaired) electrons. The Kier molecular flexibility index (Phi) is 5.16. The van der Waals surface area contributed by atoms with E-state index in [1.807, 2.05) is 0 Å². The summed E-state index contributed by atoms with van der Waals surface area (Å²) in [5.74, 6) is 0. The van der Waals surface area contributed by atoms with E-state index in [2.05, 4.69) is 4.98 Å². The Morgan fingerprint density at radius 2 is 1.69 bits per heavy atom. The van der Waals surface area contributed by atoms with Crippen LogP contribution < -0.4 is 0 Å². The molecular formula is C17H21N3O4S2. The molecule has 0 amide bonds. The summed E-state index contributed by atoms with van der Waals surface area (Å²) in [4.78, 5) is 4.19. The van der Waals surface area contributed by atoms with Crippen LogP contribution in [0.3, 0.4) is 0 Å². The van der Waals surface area contributed by atoms with Gasteiger partial charge in [0.15, 0.2) is 0 Å². The maximum atomic E-state index is 13.0. The topological polar surface area (TPSA) is 87.7 Å². The van der Waals surface area contributed by atoms with Crippen molar-refractivity contribution >= 4 is 20.0 Å². The van der Waals surface area contributed by atoms with Crippen molar-refractivity contribution in [1.82, 2.24) is 13.6 Å². The first-order valence-electron chi connectivity index (χ1n) is 8.16. The van der Waals surface area contributed by atoms with Gasteiger partial charge in [-0.2, -0.15) is 4.31 Å². The first-order chi connectivity index (χ1) is 12.2. The molecule has 1 aromatic carbocycles. The van der Waals surface area contributed by atoms with Crippen molar-refractivity contribution in [3.8, 4) is 0 Å². The largest absolute Gasteiger partial charge is 0.263 e. The van der Waals surface area contributed by atoms with E-state index in [-0.39, 0.29) is 22.4 Å². The van der Waals surface area contributed by atoms with Crippen LogP contribution in [0.15, 0.2) is 58.6 Å². The molecule has 3 rings (SSSR count). The number of pyridine rings is 1. The minimum absolute atomic E-state index is 0.0608. The Morgan fingerprint density at radius 1 is 1.00 bits per heavy atom. The monoisotopic (exact) mass is 395 g/mol. The maximum Gasteiger partial charge on any atom is 0.245 e. The quantitative estimate of drug-likeness (QED) is 0.712. The van der Waals surface area contributed by atoms with E-state index < -0.39 is 20.0 Å². The van der Waals surface area contributed by atoms with Crippen molar-refractivity contribution < 1.29 is 16.8 Å². The summed E-state index contributed by atoms with van der Waals surface area (Å²) >= 11 is 0. The summed E-state index contributed by atoms with van der Waals surface area (Å²) in [6.45, 7) is 0.124. The number of nitrogens with zero attached hydrogens (tertiary/aromatic N) is 3. The lowest BCUT2D eigenvalue weighted by molar-refractivity contribution is 0.398. The molecule has 7 nitrogen and oxygen atoms in total. The minimum atomic E-state index is -3.69. The Morgan fingerprint density at radius 3 is 2.27 bits per heavy atom. The molecule has 140 valence electrons. The molecule has 1 saturated carbocycles. The second kappa shape index (κ2) is 7.07. The van der Waals surface area contributed by atoms with Crippen LogP contribution in [0.25, 0.3) is 0 Å². The van der Waals surface area contributed by atoms with Crippen molar-refractivity contribution in [2.24, 2.45) is 0 Å². The summed E-state index contributed by atoms with van der Waals surface area (Å²) in [5.41, 5.74) is 0.632. The van der Waals surface area contributed by atoms with Crippen LogP contribution in [0.2, 0.25) is 0 Å². The summed E-state index contributed by atoms with van der Waals surface area (Å²) in [5, 5.41) is 0. The maximum absolute atomic E-state index is 13.0. The van der Waals surface area contributed by atoms with Gasteiger partial charge in [-0.1, -0.05) is 12.1 Å². The number of benzene rings is 1. The molecule has 0 aliphatic heterocycles. The van der Waals surface area contributed by atoms with Crippen molar-refractivity contribution in [3.05, 3.63) is 54.4 Å². The lowest BCUT2D eigenvalue weighted by Gasteiger charge is -2.22.